The van der Waals surface area contributed by atoms with Crippen molar-refractivity contribution >= 4 is 29.1 Å². The number of aliphatic carboxylic acids is 1. The molecular weight excluding hydrogens is 351 g/mol. The Morgan fingerprint density at radius 2 is 1.15 bits per heavy atom. The van der Waals surface area contributed by atoms with Crippen LogP contribution in [0.4, 0.5) is 0 Å². The first kappa shape index (κ1) is 19.3. The topological polar surface area (TPSA) is 37.3 Å². The molecule has 0 aliphatic heterocycles. The SMILES string of the molecule is CC(CC[PH](c1ccccc1)(c1ccccc1)c1ccccc1)CC(=O)O. The van der Waals surface area contributed by atoms with Gasteiger partial charge in [-0.15, -0.1) is 0 Å². The molecule has 0 saturated heterocycles. The third kappa shape index (κ3) is 4.46. The Morgan fingerprint density at radius 3 is 1.48 bits per heavy atom. The van der Waals surface area contributed by atoms with E-state index in [9.17, 15) is 9.90 Å². The molecule has 3 aromatic carbocycles. The summed E-state index contributed by atoms with van der Waals surface area (Å²) in [5.74, 6) is -0.556. The van der Waals surface area contributed by atoms with Crippen LogP contribution in [0.15, 0.2) is 91.0 Å². The van der Waals surface area contributed by atoms with Crippen LogP contribution in [0.1, 0.15) is 19.8 Å². The van der Waals surface area contributed by atoms with Gasteiger partial charge in [0.1, 0.15) is 0 Å². The Balaban J connectivity index is 2.12. The summed E-state index contributed by atoms with van der Waals surface area (Å²) < 4.78 is 0. The summed E-state index contributed by atoms with van der Waals surface area (Å²) in [6.07, 6.45) is 2.12. The second-order valence-electron chi connectivity index (χ2n) is 7.25. The zero-order chi connectivity index (χ0) is 19.1. The van der Waals surface area contributed by atoms with Crippen LogP contribution in [-0.4, -0.2) is 17.2 Å². The van der Waals surface area contributed by atoms with Crippen molar-refractivity contribution in [2.24, 2.45) is 5.92 Å². The molecule has 0 spiro atoms. The first-order valence-corrected chi connectivity index (χ1v) is 11.7. The van der Waals surface area contributed by atoms with Gasteiger partial charge in [0, 0.05) is 0 Å². The van der Waals surface area contributed by atoms with Crippen molar-refractivity contribution in [1.82, 2.24) is 0 Å². The van der Waals surface area contributed by atoms with Crippen LogP contribution in [-0.2, 0) is 4.79 Å². The van der Waals surface area contributed by atoms with E-state index in [0.29, 0.717) is 0 Å². The van der Waals surface area contributed by atoms with Crippen LogP contribution in [0.5, 0.6) is 0 Å². The molecule has 0 aromatic heterocycles. The molecule has 0 aliphatic rings. The number of carbonyl (C=O) groups is 1. The molecule has 3 heteroatoms. The summed E-state index contributed by atoms with van der Waals surface area (Å²) in [6.45, 7) is 2.05. The molecule has 1 unspecified atom stereocenters. The van der Waals surface area contributed by atoms with Crippen LogP contribution in [0.3, 0.4) is 0 Å². The average molecular weight is 378 g/mol. The third-order valence-electron chi connectivity index (χ3n) is 5.33. The zero-order valence-electron chi connectivity index (χ0n) is 15.7. The molecular formula is C24H27O2P. The van der Waals surface area contributed by atoms with Crippen LogP contribution in [0.2, 0.25) is 0 Å². The molecule has 1 atom stereocenters. The molecule has 2 nitrogen and oxygen atoms in total. The van der Waals surface area contributed by atoms with Gasteiger partial charge in [0.05, 0.1) is 0 Å². The van der Waals surface area contributed by atoms with Crippen LogP contribution >= 0.6 is 7.26 Å². The Hall–Kier alpha value is -2.44. The van der Waals surface area contributed by atoms with Crippen molar-refractivity contribution in [3.05, 3.63) is 91.0 Å². The van der Waals surface area contributed by atoms with Crippen LogP contribution < -0.4 is 15.9 Å². The number of hydrogen-bond donors (Lipinski definition) is 1. The average Bonchev–Trinajstić information content (AvgIpc) is 2.70. The maximum atomic E-state index is 11.2. The van der Waals surface area contributed by atoms with Crippen molar-refractivity contribution < 1.29 is 9.90 Å². The molecule has 27 heavy (non-hydrogen) atoms. The predicted octanol–water partition coefficient (Wildman–Crippen LogP) is 4.21. The van der Waals surface area contributed by atoms with E-state index >= 15 is 0 Å². The number of rotatable bonds is 8. The van der Waals surface area contributed by atoms with E-state index in [2.05, 4.69) is 91.0 Å². The predicted molar refractivity (Wildman–Crippen MR) is 117 cm³/mol. The van der Waals surface area contributed by atoms with E-state index in [1.54, 1.807) is 0 Å². The summed E-state index contributed by atoms with van der Waals surface area (Å²) in [5, 5.41) is 13.3. The van der Waals surface area contributed by atoms with E-state index in [-0.39, 0.29) is 12.3 Å². The molecule has 0 radical (unpaired) electrons. The van der Waals surface area contributed by atoms with Crippen molar-refractivity contribution in [3.63, 3.8) is 0 Å². The van der Waals surface area contributed by atoms with Crippen molar-refractivity contribution in [2.75, 3.05) is 6.16 Å². The summed E-state index contributed by atoms with van der Waals surface area (Å²) in [7, 11) is -2.23. The van der Waals surface area contributed by atoms with E-state index in [1.807, 2.05) is 6.92 Å². The molecule has 0 fully saturated rings. The Labute approximate surface area is 162 Å². The number of hydrogen-bond acceptors (Lipinski definition) is 1. The van der Waals surface area contributed by atoms with Gasteiger partial charge in [-0.3, -0.25) is 0 Å². The van der Waals surface area contributed by atoms with Crippen LogP contribution in [0.25, 0.3) is 0 Å². The molecule has 1 N–H and O–H groups in total. The van der Waals surface area contributed by atoms with Crippen molar-refractivity contribution in [3.8, 4) is 0 Å². The molecule has 3 aromatic rings. The minimum absolute atomic E-state index is 0.158. The summed E-state index contributed by atoms with van der Waals surface area (Å²) in [6, 6.07) is 32.3. The van der Waals surface area contributed by atoms with Gasteiger partial charge in [-0.25, -0.2) is 0 Å². The number of benzene rings is 3. The van der Waals surface area contributed by atoms with E-state index in [0.717, 1.165) is 12.6 Å². The summed E-state index contributed by atoms with van der Waals surface area (Å²) in [5.41, 5.74) is 0. The second-order valence-corrected chi connectivity index (χ2v) is 11.3. The molecule has 0 amide bonds. The Morgan fingerprint density at radius 1 is 0.778 bits per heavy atom. The van der Waals surface area contributed by atoms with Gasteiger partial charge in [-0.1, -0.05) is 0 Å². The van der Waals surface area contributed by atoms with Crippen molar-refractivity contribution in [2.45, 2.75) is 19.8 Å². The quantitative estimate of drug-likeness (QED) is 0.596. The minimum atomic E-state index is -2.23. The molecule has 0 bridgehead atoms. The van der Waals surface area contributed by atoms with E-state index in [4.69, 9.17) is 0 Å². The monoisotopic (exact) mass is 378 g/mol. The standard InChI is InChI=1S/C24H27O2P/c1-20(19-24(25)26)17-18-27(21-11-5-2-6-12-21,22-13-7-3-8-14-22)23-15-9-4-10-16-23/h2-16,20,27H,17-19H2,1H3,(H,25,26). The number of carboxylic acids is 1. The van der Waals surface area contributed by atoms with Gasteiger partial charge in [0.15, 0.2) is 0 Å². The Kier molecular flexibility index (Phi) is 6.42. The fourth-order valence-electron chi connectivity index (χ4n) is 3.96. The first-order chi connectivity index (χ1) is 13.1. The van der Waals surface area contributed by atoms with Gasteiger partial charge in [-0.2, -0.15) is 0 Å². The van der Waals surface area contributed by atoms with Gasteiger partial charge in [0.25, 0.3) is 0 Å². The first-order valence-electron chi connectivity index (χ1n) is 9.51. The zero-order valence-corrected chi connectivity index (χ0v) is 16.7. The van der Waals surface area contributed by atoms with Gasteiger partial charge in [-0.05, 0) is 0 Å². The summed E-state index contributed by atoms with van der Waals surface area (Å²) in [4.78, 5) is 11.2. The Bertz CT molecular complexity index is 751. The van der Waals surface area contributed by atoms with Gasteiger partial charge < -0.3 is 0 Å². The molecule has 0 aliphatic carbocycles. The second kappa shape index (κ2) is 8.97. The summed E-state index contributed by atoms with van der Waals surface area (Å²) >= 11 is 0. The van der Waals surface area contributed by atoms with E-state index < -0.39 is 13.2 Å². The van der Waals surface area contributed by atoms with Crippen LogP contribution in [0, 0.1) is 5.92 Å². The fraction of sp³-hybridized carbons (Fsp3) is 0.208. The van der Waals surface area contributed by atoms with Gasteiger partial charge in [0.2, 0.25) is 0 Å². The molecule has 3 rings (SSSR count). The number of carboxylic acid groups (broad SMARTS) is 1. The van der Waals surface area contributed by atoms with E-state index in [1.165, 1.54) is 15.9 Å². The maximum absolute atomic E-state index is 11.2. The molecule has 0 heterocycles. The van der Waals surface area contributed by atoms with Crippen molar-refractivity contribution in [1.29, 1.82) is 0 Å². The molecule has 140 valence electrons. The fourth-order valence-corrected chi connectivity index (χ4v) is 9.04. The van der Waals surface area contributed by atoms with Gasteiger partial charge >= 0.3 is 162 Å². The third-order valence-corrected chi connectivity index (χ3v) is 10.3. The molecule has 0 saturated carbocycles. The normalized spacial score (nSPS) is 13.1.